The van der Waals surface area contributed by atoms with E-state index in [1.54, 1.807) is 25.1 Å². The minimum Gasteiger partial charge on any atom is -0.483 e. The third kappa shape index (κ3) is 5.88. The zero-order chi connectivity index (χ0) is 21.3. The van der Waals surface area contributed by atoms with E-state index in [9.17, 15) is 13.6 Å². The maximum absolute atomic E-state index is 12.2. The Morgan fingerprint density at radius 1 is 0.967 bits per heavy atom. The van der Waals surface area contributed by atoms with Gasteiger partial charge in [0.25, 0.3) is 5.91 Å². The third-order valence-electron chi connectivity index (χ3n) is 4.18. The van der Waals surface area contributed by atoms with Crippen LogP contribution in [-0.2, 0) is 4.79 Å². The molecule has 154 valence electrons. The molecule has 0 radical (unpaired) electrons. The lowest BCUT2D eigenvalue weighted by molar-refractivity contribution is -0.123. The van der Waals surface area contributed by atoms with Gasteiger partial charge in [-0.25, -0.2) is 5.43 Å². The summed E-state index contributed by atoms with van der Waals surface area (Å²) in [5.74, 6) is 0.222. The number of hydrogen-bond acceptors (Lipinski definition) is 4. The molecule has 3 aromatic rings. The molecule has 5 nitrogen and oxygen atoms in total. The number of carbonyl (C=O) groups excluding carboxylic acids is 1. The second-order valence-corrected chi connectivity index (χ2v) is 6.29. The molecule has 0 unspecified atom stereocenters. The lowest BCUT2D eigenvalue weighted by Gasteiger charge is -2.11. The summed E-state index contributed by atoms with van der Waals surface area (Å²) < 4.78 is 34.4. The molecular weight excluding hydrogens is 390 g/mol. The number of nitrogens with zero attached hydrogens (tertiary/aromatic N) is 1. The highest BCUT2D eigenvalue weighted by atomic mass is 19.3. The number of benzene rings is 3. The molecule has 0 aliphatic carbocycles. The van der Waals surface area contributed by atoms with Crippen LogP contribution in [0, 0.1) is 0 Å². The summed E-state index contributed by atoms with van der Waals surface area (Å²) in [5, 5.41) is 4.03. The fourth-order valence-electron chi connectivity index (χ4n) is 2.71. The van der Waals surface area contributed by atoms with Crippen LogP contribution in [0.5, 0.6) is 11.5 Å². The van der Waals surface area contributed by atoms with Gasteiger partial charge in [0, 0.05) is 5.56 Å². The van der Waals surface area contributed by atoms with E-state index in [-0.39, 0.29) is 12.4 Å². The highest BCUT2D eigenvalue weighted by Gasteiger charge is 2.09. The summed E-state index contributed by atoms with van der Waals surface area (Å²) >= 11 is 0. The van der Waals surface area contributed by atoms with E-state index >= 15 is 0 Å². The number of rotatable bonds is 8. The van der Waals surface area contributed by atoms with Gasteiger partial charge in [-0.15, -0.1) is 0 Å². The highest BCUT2D eigenvalue weighted by molar-refractivity contribution is 5.99. The van der Waals surface area contributed by atoms with Crippen molar-refractivity contribution in [2.24, 2.45) is 5.10 Å². The standard InChI is InChI=1S/C23H20F2N2O3/c1-16(17-11-13-19(14-12-17)30-23(24)25)26-27-22(28)15-29-21-10-6-5-9-20(21)18-7-3-2-4-8-18/h2-14,23H,15H2,1H3,(H,27,28). The Kier molecular flexibility index (Phi) is 7.10. The summed E-state index contributed by atoms with van der Waals surface area (Å²) in [4.78, 5) is 12.1. The van der Waals surface area contributed by atoms with E-state index in [4.69, 9.17) is 4.74 Å². The number of para-hydroxylation sites is 1. The molecular formula is C23H20F2N2O3. The summed E-state index contributed by atoms with van der Waals surface area (Å²) in [7, 11) is 0. The van der Waals surface area contributed by atoms with Crippen LogP contribution in [0.1, 0.15) is 12.5 Å². The third-order valence-corrected chi connectivity index (χ3v) is 4.18. The van der Waals surface area contributed by atoms with Crippen molar-refractivity contribution in [1.82, 2.24) is 5.43 Å². The van der Waals surface area contributed by atoms with Gasteiger partial charge in [-0.2, -0.15) is 13.9 Å². The molecule has 0 bridgehead atoms. The number of alkyl halides is 2. The molecule has 7 heteroatoms. The summed E-state index contributed by atoms with van der Waals surface area (Å²) in [6.45, 7) is -1.40. The minimum absolute atomic E-state index is 0.0519. The first-order valence-electron chi connectivity index (χ1n) is 9.18. The van der Waals surface area contributed by atoms with E-state index < -0.39 is 12.5 Å². The second-order valence-electron chi connectivity index (χ2n) is 6.29. The van der Waals surface area contributed by atoms with Crippen molar-refractivity contribution in [3.8, 4) is 22.6 Å². The van der Waals surface area contributed by atoms with Gasteiger partial charge < -0.3 is 9.47 Å². The maximum Gasteiger partial charge on any atom is 0.387 e. The van der Waals surface area contributed by atoms with Gasteiger partial charge in [-0.05, 0) is 48.4 Å². The number of amides is 1. The van der Waals surface area contributed by atoms with Crippen molar-refractivity contribution in [3.05, 3.63) is 84.4 Å². The number of hydrogen-bond donors (Lipinski definition) is 1. The van der Waals surface area contributed by atoms with E-state index in [0.717, 1.165) is 11.1 Å². The number of ether oxygens (including phenoxy) is 2. The van der Waals surface area contributed by atoms with Crippen LogP contribution < -0.4 is 14.9 Å². The Morgan fingerprint density at radius 2 is 1.63 bits per heavy atom. The van der Waals surface area contributed by atoms with Crippen LogP contribution in [0.25, 0.3) is 11.1 Å². The zero-order valence-corrected chi connectivity index (χ0v) is 16.2. The molecule has 0 aliphatic rings. The summed E-state index contributed by atoms with van der Waals surface area (Å²) in [6, 6.07) is 23.2. The molecule has 0 aliphatic heterocycles. The van der Waals surface area contributed by atoms with Crippen molar-refractivity contribution >= 4 is 11.6 Å². The van der Waals surface area contributed by atoms with E-state index in [1.807, 2.05) is 48.5 Å². The average molecular weight is 410 g/mol. The quantitative estimate of drug-likeness (QED) is 0.426. The molecule has 0 aromatic heterocycles. The molecule has 0 spiro atoms. The Bertz CT molecular complexity index is 1010. The van der Waals surface area contributed by atoms with Crippen molar-refractivity contribution in [3.63, 3.8) is 0 Å². The van der Waals surface area contributed by atoms with Crippen molar-refractivity contribution < 1.29 is 23.0 Å². The first-order valence-corrected chi connectivity index (χ1v) is 9.18. The molecule has 1 amide bonds. The highest BCUT2D eigenvalue weighted by Crippen LogP contribution is 2.29. The molecule has 0 saturated carbocycles. The lowest BCUT2D eigenvalue weighted by Crippen LogP contribution is -2.25. The minimum atomic E-state index is -2.88. The summed E-state index contributed by atoms with van der Waals surface area (Å²) in [6.07, 6.45) is 0. The Hall–Kier alpha value is -3.74. The van der Waals surface area contributed by atoms with Crippen LogP contribution in [0.3, 0.4) is 0 Å². The van der Waals surface area contributed by atoms with Gasteiger partial charge in [-0.3, -0.25) is 4.79 Å². The predicted molar refractivity (Wildman–Crippen MR) is 111 cm³/mol. The normalized spacial score (nSPS) is 11.3. The molecule has 30 heavy (non-hydrogen) atoms. The lowest BCUT2D eigenvalue weighted by atomic mass is 10.1. The van der Waals surface area contributed by atoms with Crippen LogP contribution in [0.15, 0.2) is 84.0 Å². The van der Waals surface area contributed by atoms with Crippen LogP contribution in [-0.4, -0.2) is 24.8 Å². The number of halogens is 2. The second kappa shape index (κ2) is 10.2. The number of hydrazone groups is 1. The van der Waals surface area contributed by atoms with E-state index in [2.05, 4.69) is 15.3 Å². The van der Waals surface area contributed by atoms with Crippen molar-refractivity contribution in [2.75, 3.05) is 6.61 Å². The Labute approximate surface area is 173 Å². The maximum atomic E-state index is 12.2. The van der Waals surface area contributed by atoms with Gasteiger partial charge in [-0.1, -0.05) is 48.5 Å². The van der Waals surface area contributed by atoms with Crippen molar-refractivity contribution in [1.29, 1.82) is 0 Å². The molecule has 0 heterocycles. The monoisotopic (exact) mass is 410 g/mol. The SMILES string of the molecule is CC(=NNC(=O)COc1ccccc1-c1ccccc1)c1ccc(OC(F)F)cc1. The van der Waals surface area contributed by atoms with Gasteiger partial charge >= 0.3 is 6.61 Å². The van der Waals surface area contributed by atoms with Crippen LogP contribution >= 0.6 is 0 Å². The van der Waals surface area contributed by atoms with Gasteiger partial charge in [0.05, 0.1) is 5.71 Å². The topological polar surface area (TPSA) is 59.9 Å². The van der Waals surface area contributed by atoms with Gasteiger partial charge in [0.2, 0.25) is 0 Å². The van der Waals surface area contributed by atoms with E-state index in [0.29, 0.717) is 17.0 Å². The summed E-state index contributed by atoms with van der Waals surface area (Å²) in [5.41, 5.74) is 5.47. The molecule has 3 rings (SSSR count). The van der Waals surface area contributed by atoms with Gasteiger partial charge in [0.1, 0.15) is 11.5 Å². The Balaban J connectivity index is 1.58. The molecule has 3 aromatic carbocycles. The number of carbonyl (C=O) groups is 1. The first-order chi connectivity index (χ1) is 14.5. The van der Waals surface area contributed by atoms with Crippen molar-refractivity contribution in [2.45, 2.75) is 13.5 Å². The molecule has 1 N–H and O–H groups in total. The Morgan fingerprint density at radius 3 is 2.33 bits per heavy atom. The average Bonchev–Trinajstić information content (AvgIpc) is 2.77. The fraction of sp³-hybridized carbons (Fsp3) is 0.130. The number of nitrogens with one attached hydrogen (secondary N) is 1. The first kappa shape index (κ1) is 21.0. The van der Waals surface area contributed by atoms with Crippen LogP contribution in [0.2, 0.25) is 0 Å². The predicted octanol–water partition coefficient (Wildman–Crippen LogP) is 4.87. The molecule has 0 saturated heterocycles. The molecule has 0 fully saturated rings. The zero-order valence-electron chi connectivity index (χ0n) is 16.2. The smallest absolute Gasteiger partial charge is 0.387 e. The fourth-order valence-corrected chi connectivity index (χ4v) is 2.71. The van der Waals surface area contributed by atoms with E-state index in [1.165, 1.54) is 12.1 Å². The van der Waals surface area contributed by atoms with Crippen LogP contribution in [0.4, 0.5) is 8.78 Å². The molecule has 0 atom stereocenters. The largest absolute Gasteiger partial charge is 0.483 e. The van der Waals surface area contributed by atoms with Gasteiger partial charge in [0.15, 0.2) is 6.61 Å².